The first-order valence-corrected chi connectivity index (χ1v) is 12.3. The third-order valence-electron chi connectivity index (χ3n) is 9.89. The second-order valence-electron chi connectivity index (χ2n) is 10.9. The van der Waals surface area contributed by atoms with Crippen LogP contribution in [0.25, 0.3) is 16.7 Å². The minimum Gasteiger partial charge on any atom is -0.334 e. The first-order chi connectivity index (χ1) is 15.2. The fourth-order valence-corrected chi connectivity index (χ4v) is 8.65. The molecule has 0 N–H and O–H groups in total. The van der Waals surface area contributed by atoms with E-state index in [1.54, 1.807) is 0 Å². The molecule has 3 saturated carbocycles. The quantitative estimate of drug-likeness (QED) is 0.503. The van der Waals surface area contributed by atoms with Crippen molar-refractivity contribution in [2.45, 2.75) is 57.9 Å². The summed E-state index contributed by atoms with van der Waals surface area (Å²) in [6.45, 7) is 2.65. The first-order valence-electron chi connectivity index (χ1n) is 12.3. The Morgan fingerprint density at radius 3 is 2.87 bits per heavy atom. The number of fused-ring (bicyclic) bond motifs is 6. The van der Waals surface area contributed by atoms with E-state index in [9.17, 15) is 0 Å². The van der Waals surface area contributed by atoms with Crippen LogP contribution in [0.15, 0.2) is 55.4 Å². The molecule has 5 unspecified atom stereocenters. The Morgan fingerprint density at radius 2 is 1.97 bits per heavy atom. The topological polar surface area (TPSA) is 35.6 Å². The third kappa shape index (κ3) is 2.48. The van der Waals surface area contributed by atoms with E-state index < -0.39 is 0 Å². The van der Waals surface area contributed by atoms with E-state index in [-0.39, 0.29) is 0 Å². The van der Waals surface area contributed by atoms with Gasteiger partial charge >= 0.3 is 0 Å². The monoisotopic (exact) mass is 412 g/mol. The van der Waals surface area contributed by atoms with Gasteiger partial charge < -0.3 is 9.13 Å². The Morgan fingerprint density at radius 1 is 1.03 bits per heavy atom. The fourth-order valence-electron chi connectivity index (χ4n) is 8.65. The van der Waals surface area contributed by atoms with Crippen molar-refractivity contribution in [2.24, 2.45) is 35.0 Å². The minimum absolute atomic E-state index is 0.507. The lowest BCUT2D eigenvalue weighted by atomic mass is 9.49. The maximum atomic E-state index is 4.69. The van der Waals surface area contributed by atoms with Crippen LogP contribution in [-0.4, -0.2) is 19.1 Å². The maximum absolute atomic E-state index is 4.69. The van der Waals surface area contributed by atoms with Gasteiger partial charge in [0.15, 0.2) is 0 Å². The summed E-state index contributed by atoms with van der Waals surface area (Å²) in [5.74, 6) is 4.02. The van der Waals surface area contributed by atoms with Gasteiger partial charge in [-0.3, -0.25) is 0 Å². The average molecular weight is 413 g/mol. The smallest absolute Gasteiger partial charge is 0.100 e. The van der Waals surface area contributed by atoms with Crippen LogP contribution in [0.5, 0.6) is 0 Å². The highest BCUT2D eigenvalue weighted by Crippen LogP contribution is 2.66. The number of hydrogen-bond acceptors (Lipinski definition) is 2. The Kier molecular flexibility index (Phi) is 3.86. The van der Waals surface area contributed by atoms with E-state index in [0.29, 0.717) is 17.4 Å². The van der Waals surface area contributed by atoms with Crippen LogP contribution in [0.2, 0.25) is 0 Å². The number of aromatic nitrogens is 4. The highest BCUT2D eigenvalue weighted by molar-refractivity contribution is 5.79. The summed E-state index contributed by atoms with van der Waals surface area (Å²) < 4.78 is 4.86. The third-order valence-corrected chi connectivity index (χ3v) is 9.89. The van der Waals surface area contributed by atoms with Crippen LogP contribution in [0.3, 0.4) is 0 Å². The van der Waals surface area contributed by atoms with E-state index >= 15 is 0 Å². The van der Waals surface area contributed by atoms with Crippen molar-refractivity contribution in [2.75, 3.05) is 0 Å². The largest absolute Gasteiger partial charge is 0.334 e. The molecule has 3 aromatic rings. The van der Waals surface area contributed by atoms with Crippen molar-refractivity contribution in [1.82, 2.24) is 19.1 Å². The molecule has 2 heterocycles. The van der Waals surface area contributed by atoms with Crippen LogP contribution in [0.4, 0.5) is 0 Å². The zero-order chi connectivity index (χ0) is 20.6. The number of hydrogen-bond donors (Lipinski definition) is 0. The van der Waals surface area contributed by atoms with Crippen molar-refractivity contribution < 1.29 is 0 Å². The molecule has 4 aliphatic rings. The minimum atomic E-state index is 0.507. The van der Waals surface area contributed by atoms with Crippen LogP contribution in [0.1, 0.15) is 57.9 Å². The van der Waals surface area contributed by atoms with Crippen molar-refractivity contribution >= 4 is 16.7 Å². The van der Waals surface area contributed by atoms with Crippen molar-refractivity contribution in [3.63, 3.8) is 0 Å². The zero-order valence-electron chi connectivity index (χ0n) is 18.4. The molecule has 1 aromatic carbocycles. The van der Waals surface area contributed by atoms with Gasteiger partial charge in [-0.05, 0) is 79.7 Å². The second-order valence-corrected chi connectivity index (χ2v) is 10.9. The molecule has 160 valence electrons. The second kappa shape index (κ2) is 6.57. The van der Waals surface area contributed by atoms with Crippen molar-refractivity contribution in [1.29, 1.82) is 0 Å². The van der Waals surface area contributed by atoms with E-state index in [1.165, 1.54) is 56.2 Å². The van der Waals surface area contributed by atoms with Crippen LogP contribution < -0.4 is 0 Å². The predicted molar refractivity (Wildman–Crippen MR) is 123 cm³/mol. The van der Waals surface area contributed by atoms with Gasteiger partial charge in [-0.1, -0.05) is 31.6 Å². The summed E-state index contributed by atoms with van der Waals surface area (Å²) in [5.41, 5.74) is 4.40. The molecule has 4 heteroatoms. The summed E-state index contributed by atoms with van der Waals surface area (Å²) in [5, 5.41) is 0. The molecular formula is C27H32N4. The zero-order valence-corrected chi connectivity index (χ0v) is 18.4. The van der Waals surface area contributed by atoms with E-state index in [4.69, 9.17) is 4.98 Å². The van der Waals surface area contributed by atoms with Gasteiger partial charge in [0.1, 0.15) is 6.33 Å². The van der Waals surface area contributed by atoms with Gasteiger partial charge in [-0.15, -0.1) is 0 Å². The number of rotatable bonds is 2. The average Bonchev–Trinajstić information content (AvgIpc) is 3.57. The molecule has 31 heavy (non-hydrogen) atoms. The molecule has 2 aromatic heterocycles. The molecule has 0 aliphatic heterocycles. The molecule has 0 spiro atoms. The lowest BCUT2D eigenvalue weighted by Gasteiger charge is -2.57. The molecule has 4 aliphatic carbocycles. The van der Waals surface area contributed by atoms with Crippen LogP contribution in [-0.2, 0) is 0 Å². The van der Waals surface area contributed by atoms with Gasteiger partial charge in [0.25, 0.3) is 0 Å². The van der Waals surface area contributed by atoms with Gasteiger partial charge in [0, 0.05) is 30.1 Å². The fraction of sp³-hybridized carbons (Fsp3) is 0.556. The Bertz CT molecular complexity index is 1140. The number of nitrogens with zero attached hydrogens (tertiary/aromatic N) is 4. The maximum Gasteiger partial charge on any atom is 0.100 e. The highest BCUT2D eigenvalue weighted by atomic mass is 15.1. The molecule has 0 saturated heterocycles. The number of allylic oxidation sites excluding steroid dienone is 2. The van der Waals surface area contributed by atoms with Crippen molar-refractivity contribution in [3.8, 4) is 0 Å². The Labute approximate surface area is 184 Å². The molecule has 7 rings (SSSR count). The summed E-state index contributed by atoms with van der Waals surface area (Å²) >= 11 is 0. The molecule has 0 radical (unpaired) electrons. The van der Waals surface area contributed by atoms with Gasteiger partial charge in [-0.25, -0.2) is 9.97 Å². The number of para-hydroxylation sites is 2. The molecule has 4 nitrogen and oxygen atoms in total. The highest BCUT2D eigenvalue weighted by Gasteiger charge is 2.58. The van der Waals surface area contributed by atoms with Gasteiger partial charge in [-0.2, -0.15) is 0 Å². The van der Waals surface area contributed by atoms with Gasteiger partial charge in [0.2, 0.25) is 0 Å². The van der Waals surface area contributed by atoms with E-state index in [1.807, 2.05) is 6.20 Å². The lowest BCUT2D eigenvalue weighted by Crippen LogP contribution is -2.50. The summed E-state index contributed by atoms with van der Waals surface area (Å²) in [6, 6.07) is 9.22. The van der Waals surface area contributed by atoms with Gasteiger partial charge in [0.05, 0.1) is 17.4 Å². The first kappa shape index (κ1) is 18.2. The summed E-state index contributed by atoms with van der Waals surface area (Å²) in [4.78, 5) is 9.12. The van der Waals surface area contributed by atoms with Crippen LogP contribution in [0, 0.1) is 35.0 Å². The van der Waals surface area contributed by atoms with Crippen molar-refractivity contribution in [3.05, 3.63) is 55.4 Å². The van der Waals surface area contributed by atoms with Crippen LogP contribution >= 0.6 is 0 Å². The SMILES string of the molecule is C[C@]12CCCC1[C@H](n1ccnc1)CC1C3CC=C(n4cnc5ccccc54)C3CCC12. The Hall–Kier alpha value is -2.36. The summed E-state index contributed by atoms with van der Waals surface area (Å²) in [6.07, 6.45) is 20.5. The molecule has 0 bridgehead atoms. The molecule has 3 fully saturated rings. The normalized spacial score (nSPS) is 39.2. The summed E-state index contributed by atoms with van der Waals surface area (Å²) in [7, 11) is 0. The lowest BCUT2D eigenvalue weighted by molar-refractivity contribution is -0.0697. The molecule has 7 atom stereocenters. The van der Waals surface area contributed by atoms with E-state index in [2.05, 4.69) is 70.2 Å². The number of benzene rings is 1. The predicted octanol–water partition coefficient (Wildman–Crippen LogP) is 6.19. The Balaban J connectivity index is 1.25. The molecule has 0 amide bonds. The standard InChI is InChI=1S/C27H32N4/c1-27-12-4-5-22(27)26(30-14-13-28-16-30)15-20-18-9-11-24(19(18)8-10-21(20)27)31-17-29-23-6-2-3-7-25(23)31/h2-3,6-7,11,13-14,16-22,26H,4-5,8-10,12,15H2,1H3/t18?,19?,20?,21?,22?,26-,27-/m1/s1. The molecular weight excluding hydrogens is 380 g/mol. The number of imidazole rings is 2. The van der Waals surface area contributed by atoms with E-state index in [0.717, 1.165) is 29.2 Å².